The van der Waals surface area contributed by atoms with Gasteiger partial charge >= 0.3 is 5.97 Å². The second-order valence-corrected chi connectivity index (χ2v) is 5.35. The van der Waals surface area contributed by atoms with Gasteiger partial charge < -0.3 is 4.74 Å². The lowest BCUT2D eigenvalue weighted by Gasteiger charge is -2.11. The van der Waals surface area contributed by atoms with Gasteiger partial charge in [-0.1, -0.05) is 48.9 Å². The van der Waals surface area contributed by atoms with E-state index in [0.29, 0.717) is 18.2 Å². The second-order valence-electron chi connectivity index (χ2n) is 4.95. The summed E-state index contributed by atoms with van der Waals surface area (Å²) in [6.45, 7) is 6.53. The molecule has 2 aromatic rings. The van der Waals surface area contributed by atoms with Gasteiger partial charge in [-0.25, -0.2) is 9.48 Å². The van der Waals surface area contributed by atoms with Crippen molar-refractivity contribution in [3.8, 4) is 0 Å². The van der Waals surface area contributed by atoms with Crippen LogP contribution in [0, 0.1) is 0 Å². The van der Waals surface area contributed by atoms with Crippen LogP contribution in [0.5, 0.6) is 0 Å². The minimum atomic E-state index is -0.438. The highest BCUT2D eigenvalue weighted by molar-refractivity contribution is 6.31. The van der Waals surface area contributed by atoms with Crippen molar-refractivity contribution in [1.29, 1.82) is 0 Å². The van der Waals surface area contributed by atoms with Gasteiger partial charge in [0.2, 0.25) is 0 Å². The number of carbonyl (C=O) groups is 1. The molecule has 0 unspecified atom stereocenters. The molecular weight excluding hydrogens is 290 g/mol. The first-order chi connectivity index (χ1) is 10.0. The fourth-order valence-corrected chi connectivity index (χ4v) is 2.34. The van der Waals surface area contributed by atoms with Crippen molar-refractivity contribution < 1.29 is 9.53 Å². The maximum Gasteiger partial charge on any atom is 0.360 e. The van der Waals surface area contributed by atoms with E-state index in [1.165, 1.54) is 0 Å². The van der Waals surface area contributed by atoms with Crippen LogP contribution >= 0.6 is 11.6 Å². The van der Waals surface area contributed by atoms with Gasteiger partial charge in [-0.3, -0.25) is 0 Å². The molecule has 5 nitrogen and oxygen atoms in total. The third-order valence-corrected chi connectivity index (χ3v) is 3.44. The first-order valence-electron chi connectivity index (χ1n) is 6.88. The molecule has 21 heavy (non-hydrogen) atoms. The molecule has 0 N–H and O–H groups in total. The van der Waals surface area contributed by atoms with Crippen molar-refractivity contribution in [3.05, 3.63) is 46.2 Å². The standard InChI is InChI=1S/C15H18ClN3O2/c1-4-21-15(20)13-14(10(2)3)19(18-17-13)9-11-7-5-6-8-12(11)16/h5-8,10H,4,9H2,1-3H3. The lowest BCUT2D eigenvalue weighted by Crippen LogP contribution is -2.13. The molecule has 0 saturated carbocycles. The molecule has 1 heterocycles. The average molecular weight is 308 g/mol. The molecule has 6 heteroatoms. The Morgan fingerprint density at radius 1 is 1.38 bits per heavy atom. The quantitative estimate of drug-likeness (QED) is 0.795. The van der Waals surface area contributed by atoms with Gasteiger partial charge in [-0.05, 0) is 24.5 Å². The molecule has 0 amide bonds. The number of aromatic nitrogens is 3. The van der Waals surface area contributed by atoms with E-state index in [1.54, 1.807) is 11.6 Å². The highest BCUT2D eigenvalue weighted by Crippen LogP contribution is 2.22. The number of hydrogen-bond acceptors (Lipinski definition) is 4. The molecule has 112 valence electrons. The van der Waals surface area contributed by atoms with Crippen LogP contribution < -0.4 is 0 Å². The summed E-state index contributed by atoms with van der Waals surface area (Å²) >= 11 is 6.17. The van der Waals surface area contributed by atoms with Gasteiger partial charge in [0, 0.05) is 5.02 Å². The Morgan fingerprint density at radius 2 is 2.10 bits per heavy atom. The average Bonchev–Trinajstić information content (AvgIpc) is 2.85. The first-order valence-corrected chi connectivity index (χ1v) is 7.26. The fraction of sp³-hybridized carbons (Fsp3) is 0.400. The Bertz CT molecular complexity index is 638. The van der Waals surface area contributed by atoms with Crippen LogP contribution in [-0.2, 0) is 11.3 Å². The summed E-state index contributed by atoms with van der Waals surface area (Å²) in [6, 6.07) is 7.55. The smallest absolute Gasteiger partial charge is 0.360 e. The number of hydrogen-bond donors (Lipinski definition) is 0. The SMILES string of the molecule is CCOC(=O)c1nnn(Cc2ccccc2Cl)c1C(C)C. The maximum atomic E-state index is 11.9. The number of halogens is 1. The van der Waals surface area contributed by atoms with Crippen LogP contribution in [0.2, 0.25) is 5.02 Å². The van der Waals surface area contributed by atoms with Crippen molar-refractivity contribution in [2.45, 2.75) is 33.2 Å². The molecule has 0 fully saturated rings. The van der Waals surface area contributed by atoms with Gasteiger partial charge in [0.05, 0.1) is 18.8 Å². The number of carbonyl (C=O) groups excluding carboxylic acids is 1. The molecule has 1 aromatic heterocycles. The van der Waals surface area contributed by atoms with Crippen molar-refractivity contribution in [3.63, 3.8) is 0 Å². The summed E-state index contributed by atoms with van der Waals surface area (Å²) in [6.07, 6.45) is 0. The van der Waals surface area contributed by atoms with Gasteiger partial charge in [0.15, 0.2) is 5.69 Å². The van der Waals surface area contributed by atoms with Gasteiger partial charge in [0.1, 0.15) is 0 Å². The van der Waals surface area contributed by atoms with Crippen LogP contribution in [0.25, 0.3) is 0 Å². The zero-order valence-electron chi connectivity index (χ0n) is 12.3. The predicted molar refractivity (Wildman–Crippen MR) is 80.6 cm³/mol. The molecule has 0 bridgehead atoms. The van der Waals surface area contributed by atoms with Crippen molar-refractivity contribution >= 4 is 17.6 Å². The molecule has 0 atom stereocenters. The van der Waals surface area contributed by atoms with Crippen LogP contribution in [-0.4, -0.2) is 27.6 Å². The molecule has 0 aliphatic rings. The van der Waals surface area contributed by atoms with Crippen LogP contribution in [0.4, 0.5) is 0 Å². The normalized spacial score (nSPS) is 10.9. The highest BCUT2D eigenvalue weighted by atomic mass is 35.5. The molecular formula is C15H18ClN3O2. The van der Waals surface area contributed by atoms with Crippen LogP contribution in [0.3, 0.4) is 0 Å². The zero-order chi connectivity index (χ0) is 15.4. The minimum absolute atomic E-state index is 0.0990. The number of rotatable bonds is 5. The van der Waals surface area contributed by atoms with E-state index in [-0.39, 0.29) is 11.6 Å². The van der Waals surface area contributed by atoms with Gasteiger partial charge in [0.25, 0.3) is 0 Å². The van der Waals surface area contributed by atoms with Gasteiger partial charge in [-0.2, -0.15) is 0 Å². The van der Waals surface area contributed by atoms with E-state index in [1.807, 2.05) is 38.1 Å². The Kier molecular flexibility index (Phi) is 4.96. The third kappa shape index (κ3) is 3.42. The van der Waals surface area contributed by atoms with Crippen LogP contribution in [0.15, 0.2) is 24.3 Å². The number of benzene rings is 1. The molecule has 0 aliphatic carbocycles. The Hall–Kier alpha value is -1.88. The van der Waals surface area contributed by atoms with E-state index in [2.05, 4.69) is 10.3 Å². The first kappa shape index (κ1) is 15.5. The molecule has 1 aromatic carbocycles. The van der Waals surface area contributed by atoms with E-state index in [0.717, 1.165) is 11.3 Å². The second kappa shape index (κ2) is 6.72. The predicted octanol–water partition coefficient (Wildman–Crippen LogP) is 3.28. The Morgan fingerprint density at radius 3 is 2.71 bits per heavy atom. The molecule has 0 radical (unpaired) electrons. The summed E-state index contributed by atoms with van der Waals surface area (Å²) in [5.41, 5.74) is 1.97. The van der Waals surface area contributed by atoms with E-state index in [9.17, 15) is 4.79 Å². The summed E-state index contributed by atoms with van der Waals surface area (Å²) in [5, 5.41) is 8.73. The lowest BCUT2D eigenvalue weighted by molar-refractivity contribution is 0.0517. The lowest BCUT2D eigenvalue weighted by atomic mass is 10.1. The maximum absolute atomic E-state index is 11.9. The Balaban J connectivity index is 2.36. The molecule has 0 spiro atoms. The van der Waals surface area contributed by atoms with E-state index < -0.39 is 5.97 Å². The number of nitrogens with zero attached hydrogens (tertiary/aromatic N) is 3. The summed E-state index contributed by atoms with van der Waals surface area (Å²) in [4.78, 5) is 11.9. The number of ether oxygens (including phenoxy) is 1. The highest BCUT2D eigenvalue weighted by Gasteiger charge is 2.23. The largest absolute Gasteiger partial charge is 0.461 e. The molecule has 0 saturated heterocycles. The van der Waals surface area contributed by atoms with Crippen LogP contribution in [0.1, 0.15) is 48.4 Å². The third-order valence-electron chi connectivity index (χ3n) is 3.07. The van der Waals surface area contributed by atoms with Crippen molar-refractivity contribution in [2.24, 2.45) is 0 Å². The van der Waals surface area contributed by atoms with Crippen molar-refractivity contribution in [2.75, 3.05) is 6.61 Å². The molecule has 2 rings (SSSR count). The zero-order valence-corrected chi connectivity index (χ0v) is 13.1. The number of esters is 1. The fourth-order valence-electron chi connectivity index (χ4n) is 2.14. The topological polar surface area (TPSA) is 57.0 Å². The summed E-state index contributed by atoms with van der Waals surface area (Å²) in [7, 11) is 0. The van der Waals surface area contributed by atoms with E-state index in [4.69, 9.17) is 16.3 Å². The van der Waals surface area contributed by atoms with Gasteiger partial charge in [-0.15, -0.1) is 5.10 Å². The van der Waals surface area contributed by atoms with Crippen molar-refractivity contribution in [1.82, 2.24) is 15.0 Å². The molecule has 0 aliphatic heterocycles. The summed E-state index contributed by atoms with van der Waals surface area (Å²) < 4.78 is 6.73. The van der Waals surface area contributed by atoms with E-state index >= 15 is 0 Å². The summed E-state index contributed by atoms with van der Waals surface area (Å²) in [5.74, 6) is -0.339. The monoisotopic (exact) mass is 307 g/mol. The minimum Gasteiger partial charge on any atom is -0.461 e. The Labute approximate surface area is 128 Å².